The van der Waals surface area contributed by atoms with E-state index in [-0.39, 0.29) is 58.6 Å². The van der Waals surface area contributed by atoms with Crippen molar-refractivity contribution >= 4 is 57.7 Å². The van der Waals surface area contributed by atoms with Crippen molar-refractivity contribution in [3.05, 3.63) is 77.2 Å². The number of carbonyl (C=O) groups is 6. The van der Waals surface area contributed by atoms with E-state index in [1.807, 2.05) is 20.7 Å². The van der Waals surface area contributed by atoms with Crippen LogP contribution in [0.1, 0.15) is 94.3 Å². The predicted octanol–water partition coefficient (Wildman–Crippen LogP) is 4.97. The Morgan fingerprint density at radius 2 is 1.67 bits per heavy atom. The van der Waals surface area contributed by atoms with E-state index >= 15 is 0 Å². The minimum Gasteiger partial charge on any atom is -0.494 e. The molecular formula is C42H41F3N8O7. The number of halogens is 3. The molecule has 1 spiro atoms. The van der Waals surface area contributed by atoms with Gasteiger partial charge in [-0.1, -0.05) is 12.1 Å². The lowest BCUT2D eigenvalue weighted by Gasteiger charge is -2.52. The molecule has 1 saturated carbocycles. The summed E-state index contributed by atoms with van der Waals surface area (Å²) in [5.74, 6) is -2.72. The zero-order valence-electron chi connectivity index (χ0n) is 32.6. The number of amides is 6. The number of anilines is 2. The number of fused-ring (bicyclic) bond motifs is 2. The SMILES string of the molecule is COc1cc2nn(C3CC4(CCN(C(=O)C5CCN(c6cccc7c6C(=O)N(C6CCC(=O)NC6=O)C7=O)CC5)CC4)C3)cc2cc1NC(=O)c1cccc(C(F)(F)F)n1. The summed E-state index contributed by atoms with van der Waals surface area (Å²) in [5.41, 5.74) is 0.551. The lowest BCUT2D eigenvalue weighted by Crippen LogP contribution is -2.54. The summed E-state index contributed by atoms with van der Waals surface area (Å²) in [6.07, 6.45) is 2.05. The highest BCUT2D eigenvalue weighted by Crippen LogP contribution is 2.55. The molecule has 1 atom stereocenters. The lowest BCUT2D eigenvalue weighted by atomic mass is 9.60. The van der Waals surface area contributed by atoms with Crippen LogP contribution in [0.2, 0.25) is 0 Å². The molecule has 2 aromatic carbocycles. The molecule has 9 rings (SSSR count). The Morgan fingerprint density at radius 1 is 0.933 bits per heavy atom. The summed E-state index contributed by atoms with van der Waals surface area (Å²) in [7, 11) is 1.43. The van der Waals surface area contributed by atoms with Crippen molar-refractivity contribution in [3.8, 4) is 5.75 Å². The van der Waals surface area contributed by atoms with Crippen LogP contribution in [0.25, 0.3) is 10.9 Å². The van der Waals surface area contributed by atoms with E-state index in [1.165, 1.54) is 13.2 Å². The second-order valence-electron chi connectivity index (χ2n) is 16.4. The van der Waals surface area contributed by atoms with Gasteiger partial charge in [-0.05, 0) is 80.7 Å². The van der Waals surface area contributed by atoms with Crippen LogP contribution in [0.15, 0.2) is 54.7 Å². The summed E-state index contributed by atoms with van der Waals surface area (Å²) in [6.45, 7) is 2.37. The number of nitrogens with zero attached hydrogens (tertiary/aromatic N) is 6. The van der Waals surface area contributed by atoms with Crippen LogP contribution >= 0.6 is 0 Å². The number of hydrogen-bond donors (Lipinski definition) is 2. The fourth-order valence-corrected chi connectivity index (χ4v) is 9.55. The summed E-state index contributed by atoms with van der Waals surface area (Å²) in [6, 6.07) is 10.7. The number of hydrogen-bond acceptors (Lipinski definition) is 10. The van der Waals surface area contributed by atoms with Gasteiger partial charge >= 0.3 is 6.18 Å². The van der Waals surface area contributed by atoms with Crippen molar-refractivity contribution in [2.24, 2.45) is 11.3 Å². The van der Waals surface area contributed by atoms with Crippen molar-refractivity contribution in [2.45, 2.75) is 69.6 Å². The standard InChI is InChI=1S/C42H41F3N8O7/c1-60-32-19-28-24(18-29(32)47-36(55)27-5-3-7-33(46-27)42(43,44)45)22-52(49-28)25-20-41(21-25)12-16-51(17-13-41)38(57)23-10-14-50(15-11-23)30-6-2-4-26-35(30)40(59)53(39(26)58)31-8-9-34(54)48-37(31)56/h2-7,18-19,22-23,25,31H,8-17,20-21H2,1H3,(H,47,55)(H,48,54,56). The molecule has 4 aliphatic heterocycles. The molecule has 4 fully saturated rings. The van der Waals surface area contributed by atoms with Crippen LogP contribution in [0, 0.1) is 11.3 Å². The van der Waals surface area contributed by atoms with Gasteiger partial charge in [-0.2, -0.15) is 18.3 Å². The molecule has 3 saturated heterocycles. The van der Waals surface area contributed by atoms with Crippen LogP contribution < -0.4 is 20.3 Å². The molecule has 0 radical (unpaired) electrons. The Kier molecular flexibility index (Phi) is 9.62. The highest BCUT2D eigenvalue weighted by molar-refractivity contribution is 6.25. The zero-order chi connectivity index (χ0) is 42.1. The molecule has 6 heterocycles. The normalized spacial score (nSPS) is 21.0. The Hall–Kier alpha value is -6.33. The second kappa shape index (κ2) is 14.7. The van der Waals surface area contributed by atoms with Gasteiger partial charge in [-0.15, -0.1) is 0 Å². The summed E-state index contributed by atoms with van der Waals surface area (Å²) in [4.78, 5) is 86.4. The largest absolute Gasteiger partial charge is 0.494 e. The highest BCUT2D eigenvalue weighted by Gasteiger charge is 2.49. The fraction of sp³-hybridized carbons (Fsp3) is 0.429. The molecule has 18 heteroatoms. The summed E-state index contributed by atoms with van der Waals surface area (Å²) >= 11 is 0. The molecule has 60 heavy (non-hydrogen) atoms. The van der Waals surface area contributed by atoms with Crippen molar-refractivity contribution in [2.75, 3.05) is 43.5 Å². The van der Waals surface area contributed by atoms with Crippen LogP contribution in [0.3, 0.4) is 0 Å². The minimum absolute atomic E-state index is 0.0439. The number of likely N-dealkylation sites (tertiary alicyclic amines) is 1. The molecule has 4 aromatic rings. The Labute approximate surface area is 341 Å². The number of nitrogens with one attached hydrogen (secondary N) is 2. The minimum atomic E-state index is -4.69. The molecule has 5 aliphatic rings. The first-order chi connectivity index (χ1) is 28.7. The molecule has 1 unspecified atom stereocenters. The van der Waals surface area contributed by atoms with Gasteiger partial charge in [0.25, 0.3) is 17.7 Å². The molecule has 1 aliphatic carbocycles. The predicted molar refractivity (Wildman–Crippen MR) is 208 cm³/mol. The molecule has 0 bridgehead atoms. The number of piperidine rings is 3. The van der Waals surface area contributed by atoms with Gasteiger partial charge in [0.1, 0.15) is 23.2 Å². The second-order valence-corrected chi connectivity index (χ2v) is 16.4. The molecule has 15 nitrogen and oxygen atoms in total. The van der Waals surface area contributed by atoms with Gasteiger partial charge in [0, 0.05) is 56.2 Å². The van der Waals surface area contributed by atoms with E-state index in [0.29, 0.717) is 56.0 Å². The third-order valence-electron chi connectivity index (χ3n) is 12.8. The smallest absolute Gasteiger partial charge is 0.433 e. The van der Waals surface area contributed by atoms with E-state index in [0.717, 1.165) is 48.1 Å². The van der Waals surface area contributed by atoms with Crippen molar-refractivity contribution in [3.63, 3.8) is 0 Å². The summed E-state index contributed by atoms with van der Waals surface area (Å²) < 4.78 is 46.9. The molecule has 2 N–H and O–H groups in total. The first-order valence-electron chi connectivity index (χ1n) is 20.0. The van der Waals surface area contributed by atoms with Gasteiger partial charge in [-0.3, -0.25) is 43.7 Å². The zero-order valence-corrected chi connectivity index (χ0v) is 32.6. The third-order valence-corrected chi connectivity index (χ3v) is 12.8. The number of carbonyl (C=O) groups excluding carboxylic acids is 6. The molecule has 2 aromatic heterocycles. The quantitative estimate of drug-likeness (QED) is 0.242. The molecular weight excluding hydrogens is 786 g/mol. The maximum Gasteiger partial charge on any atom is 0.433 e. The van der Waals surface area contributed by atoms with E-state index in [9.17, 15) is 41.9 Å². The molecule has 6 amide bonds. The van der Waals surface area contributed by atoms with Crippen LogP contribution in [-0.4, -0.2) is 99.3 Å². The maximum absolute atomic E-state index is 13.8. The van der Waals surface area contributed by atoms with Crippen LogP contribution in [-0.2, 0) is 20.6 Å². The average molecular weight is 827 g/mol. The van der Waals surface area contributed by atoms with Crippen molar-refractivity contribution in [1.29, 1.82) is 0 Å². The van der Waals surface area contributed by atoms with Crippen molar-refractivity contribution < 1.29 is 46.7 Å². The van der Waals surface area contributed by atoms with E-state index in [2.05, 4.69) is 15.6 Å². The fourth-order valence-electron chi connectivity index (χ4n) is 9.55. The van der Waals surface area contributed by atoms with E-state index < -0.39 is 47.4 Å². The number of benzene rings is 2. The van der Waals surface area contributed by atoms with Gasteiger partial charge in [0.15, 0.2) is 0 Å². The Balaban J connectivity index is 0.786. The topological polar surface area (TPSA) is 176 Å². The number of aromatic nitrogens is 3. The number of ether oxygens (including phenoxy) is 1. The Bertz CT molecular complexity index is 2460. The third kappa shape index (κ3) is 6.90. The maximum atomic E-state index is 13.8. The Morgan fingerprint density at radius 3 is 2.37 bits per heavy atom. The average Bonchev–Trinajstić information content (AvgIpc) is 3.75. The monoisotopic (exact) mass is 826 g/mol. The highest BCUT2D eigenvalue weighted by atomic mass is 19.4. The lowest BCUT2D eigenvalue weighted by molar-refractivity contribution is -0.141. The van der Waals surface area contributed by atoms with Crippen LogP contribution in [0.5, 0.6) is 5.75 Å². The number of pyridine rings is 1. The van der Waals surface area contributed by atoms with Gasteiger partial charge in [-0.25, -0.2) is 4.98 Å². The van der Waals surface area contributed by atoms with Gasteiger partial charge in [0.05, 0.1) is 41.2 Å². The first kappa shape index (κ1) is 39.1. The summed E-state index contributed by atoms with van der Waals surface area (Å²) in [5, 5.41) is 10.4. The van der Waals surface area contributed by atoms with Crippen molar-refractivity contribution in [1.82, 2.24) is 29.9 Å². The number of alkyl halides is 3. The van der Waals surface area contributed by atoms with E-state index in [4.69, 9.17) is 9.84 Å². The van der Waals surface area contributed by atoms with Crippen LogP contribution in [0.4, 0.5) is 24.5 Å². The number of methoxy groups -OCH3 is 1. The number of imide groups is 2. The molecule has 312 valence electrons. The van der Waals surface area contributed by atoms with Gasteiger partial charge in [0.2, 0.25) is 17.7 Å². The van der Waals surface area contributed by atoms with Gasteiger partial charge < -0.3 is 19.9 Å². The first-order valence-corrected chi connectivity index (χ1v) is 20.0. The van der Waals surface area contributed by atoms with E-state index in [1.54, 1.807) is 30.3 Å². The number of rotatable bonds is 7.